The highest BCUT2D eigenvalue weighted by Crippen LogP contribution is 2.41. The van der Waals surface area contributed by atoms with Crippen molar-refractivity contribution in [3.05, 3.63) is 23.8 Å². The summed E-state index contributed by atoms with van der Waals surface area (Å²) in [6.45, 7) is 0. The Morgan fingerprint density at radius 1 is 1.25 bits per heavy atom. The van der Waals surface area contributed by atoms with Gasteiger partial charge in [-0.2, -0.15) is 0 Å². The lowest BCUT2D eigenvalue weighted by molar-refractivity contribution is 0.203. The minimum atomic E-state index is -0.416. The number of carbonyl (C=O) groups excluding carboxylic acids is 1. The summed E-state index contributed by atoms with van der Waals surface area (Å²) in [6, 6.07) is 6.02. The lowest BCUT2D eigenvalue weighted by Gasteiger charge is -2.28. The molecule has 0 aliphatic heterocycles. The Kier molecular flexibility index (Phi) is 4.33. The summed E-state index contributed by atoms with van der Waals surface area (Å²) in [5.41, 5.74) is 2.64. The molecule has 0 heterocycles. The van der Waals surface area contributed by atoms with Crippen molar-refractivity contribution < 1.29 is 9.53 Å². The van der Waals surface area contributed by atoms with Crippen LogP contribution in [0.15, 0.2) is 18.2 Å². The second kappa shape index (κ2) is 5.83. The topological polar surface area (TPSA) is 38.3 Å². The highest BCUT2D eigenvalue weighted by molar-refractivity contribution is 5.70. The zero-order valence-electron chi connectivity index (χ0n) is 12.9. The maximum absolute atomic E-state index is 11.4. The Morgan fingerprint density at radius 3 is 2.45 bits per heavy atom. The van der Waals surface area contributed by atoms with Gasteiger partial charge in [0.25, 0.3) is 0 Å². The molecule has 1 aliphatic carbocycles. The van der Waals surface area contributed by atoms with Crippen LogP contribution >= 0.6 is 0 Å². The molecule has 1 fully saturated rings. The van der Waals surface area contributed by atoms with Crippen molar-refractivity contribution in [1.82, 2.24) is 9.80 Å². The summed E-state index contributed by atoms with van der Waals surface area (Å²) in [7, 11) is 8.09. The molecule has 20 heavy (non-hydrogen) atoms. The van der Waals surface area contributed by atoms with Gasteiger partial charge >= 0.3 is 6.09 Å². The number of carbonyl (C=O) groups is 1. The van der Waals surface area contributed by atoms with Gasteiger partial charge in [0.1, 0.15) is 11.4 Å². The van der Waals surface area contributed by atoms with Crippen molar-refractivity contribution >= 4 is 11.8 Å². The quantitative estimate of drug-likeness (QED) is 0.861. The van der Waals surface area contributed by atoms with Crippen LogP contribution in [0.4, 0.5) is 10.5 Å². The SMILES string of the molecule is CNC(=O)Oc1ccc([N+](C)(C)C)c(C2CCCC2)c1. The summed E-state index contributed by atoms with van der Waals surface area (Å²) in [5, 5.41) is 2.48. The molecule has 0 spiro atoms. The fourth-order valence-corrected chi connectivity index (χ4v) is 2.93. The molecule has 4 nitrogen and oxygen atoms in total. The number of ether oxygens (including phenoxy) is 1. The summed E-state index contributed by atoms with van der Waals surface area (Å²) in [5.74, 6) is 1.22. The fourth-order valence-electron chi connectivity index (χ4n) is 2.93. The van der Waals surface area contributed by atoms with Crippen LogP contribution in [0.5, 0.6) is 5.75 Å². The Balaban J connectivity index is 2.36. The maximum Gasteiger partial charge on any atom is 0.412 e. The van der Waals surface area contributed by atoms with Crippen molar-refractivity contribution in [3.8, 4) is 5.75 Å². The number of nitrogens with one attached hydrogen (secondary N) is 1. The van der Waals surface area contributed by atoms with Crippen LogP contribution in [0.2, 0.25) is 0 Å². The van der Waals surface area contributed by atoms with Crippen molar-refractivity contribution in [2.75, 3.05) is 28.2 Å². The van der Waals surface area contributed by atoms with Gasteiger partial charge in [0, 0.05) is 18.7 Å². The van der Waals surface area contributed by atoms with Gasteiger partial charge in [0.05, 0.1) is 21.1 Å². The van der Waals surface area contributed by atoms with Gasteiger partial charge in [-0.1, -0.05) is 12.8 Å². The van der Waals surface area contributed by atoms with Crippen molar-refractivity contribution in [2.45, 2.75) is 31.6 Å². The molecule has 0 bridgehead atoms. The molecule has 1 saturated carbocycles. The van der Waals surface area contributed by atoms with Crippen molar-refractivity contribution in [1.29, 1.82) is 0 Å². The normalized spacial score (nSPS) is 16.2. The molecule has 1 aromatic carbocycles. The number of rotatable bonds is 3. The third-order valence-corrected chi connectivity index (χ3v) is 3.93. The summed E-state index contributed by atoms with van der Waals surface area (Å²) < 4.78 is 6.06. The lowest BCUT2D eigenvalue weighted by atomic mass is 9.94. The van der Waals surface area contributed by atoms with Gasteiger partial charge in [-0.3, -0.25) is 4.48 Å². The number of amides is 1. The van der Waals surface area contributed by atoms with Gasteiger partial charge < -0.3 is 10.1 Å². The summed E-state index contributed by atoms with van der Waals surface area (Å²) in [6.07, 6.45) is 4.64. The molecule has 0 aromatic heterocycles. The van der Waals surface area contributed by atoms with Gasteiger partial charge in [0.15, 0.2) is 0 Å². The molecule has 110 valence electrons. The molecule has 1 aliphatic rings. The minimum Gasteiger partial charge on any atom is -0.410 e. The van der Waals surface area contributed by atoms with E-state index in [-0.39, 0.29) is 0 Å². The minimum absolute atomic E-state index is 0.416. The van der Waals surface area contributed by atoms with E-state index < -0.39 is 6.09 Å². The van der Waals surface area contributed by atoms with Crippen molar-refractivity contribution in [3.63, 3.8) is 0 Å². The average molecular weight is 277 g/mol. The molecule has 2 rings (SSSR count). The molecular weight excluding hydrogens is 252 g/mol. The molecule has 1 aromatic rings. The summed E-state index contributed by atoms with van der Waals surface area (Å²) >= 11 is 0. The van der Waals surface area contributed by atoms with E-state index in [1.165, 1.54) is 36.9 Å². The van der Waals surface area contributed by atoms with Crippen LogP contribution in [-0.4, -0.2) is 34.3 Å². The van der Waals surface area contributed by atoms with Gasteiger partial charge in [-0.05, 0) is 30.9 Å². The molecule has 0 atom stereocenters. The van der Waals surface area contributed by atoms with Crippen LogP contribution in [0.25, 0.3) is 0 Å². The van der Waals surface area contributed by atoms with Gasteiger partial charge in [-0.25, -0.2) is 4.79 Å². The van der Waals surface area contributed by atoms with E-state index in [2.05, 4.69) is 32.5 Å². The number of benzene rings is 1. The first kappa shape index (κ1) is 14.9. The highest BCUT2D eigenvalue weighted by atomic mass is 16.5. The predicted molar refractivity (Wildman–Crippen MR) is 82.3 cm³/mol. The Labute approximate surface area is 121 Å². The second-order valence-corrected chi connectivity index (χ2v) is 6.35. The van der Waals surface area contributed by atoms with E-state index >= 15 is 0 Å². The van der Waals surface area contributed by atoms with Crippen LogP contribution in [0.1, 0.15) is 37.2 Å². The standard InChI is InChI=1S/C16H24N2O2/c1-17-16(19)20-13-9-10-15(18(2,3)4)14(11-13)12-7-5-6-8-12/h9-12H,5-8H2,1-4H3/p+1. The first-order valence-electron chi connectivity index (χ1n) is 7.27. The largest absolute Gasteiger partial charge is 0.412 e. The molecule has 0 radical (unpaired) electrons. The maximum atomic E-state index is 11.4. The zero-order chi connectivity index (χ0) is 14.8. The predicted octanol–water partition coefficient (Wildman–Crippen LogP) is 3.26. The Morgan fingerprint density at radius 2 is 1.90 bits per heavy atom. The Bertz CT molecular complexity index is 486. The molecule has 4 heteroatoms. The third-order valence-electron chi connectivity index (χ3n) is 3.93. The van der Waals surface area contributed by atoms with E-state index in [1.807, 2.05) is 12.1 Å². The van der Waals surface area contributed by atoms with E-state index in [0.29, 0.717) is 11.7 Å². The molecule has 1 N–H and O–H groups in total. The Hall–Kier alpha value is -1.55. The van der Waals surface area contributed by atoms with Gasteiger partial charge in [-0.15, -0.1) is 0 Å². The number of hydrogen-bond acceptors (Lipinski definition) is 2. The van der Waals surface area contributed by atoms with Crippen LogP contribution in [0.3, 0.4) is 0 Å². The van der Waals surface area contributed by atoms with E-state index in [4.69, 9.17) is 4.74 Å². The second-order valence-electron chi connectivity index (χ2n) is 6.35. The lowest BCUT2D eigenvalue weighted by Crippen LogP contribution is -2.36. The van der Waals surface area contributed by atoms with E-state index in [0.717, 1.165) is 4.48 Å². The van der Waals surface area contributed by atoms with Gasteiger partial charge in [0.2, 0.25) is 0 Å². The molecular formula is C16H25N2O2+. The number of nitrogens with zero attached hydrogens (tertiary/aromatic N) is 1. The van der Waals surface area contributed by atoms with Crippen LogP contribution in [0, 0.1) is 0 Å². The molecule has 0 saturated heterocycles. The number of hydrogen-bond donors (Lipinski definition) is 1. The van der Waals surface area contributed by atoms with Crippen molar-refractivity contribution in [2.24, 2.45) is 0 Å². The fraction of sp³-hybridized carbons (Fsp3) is 0.562. The zero-order valence-corrected chi connectivity index (χ0v) is 12.9. The third kappa shape index (κ3) is 3.31. The smallest absolute Gasteiger partial charge is 0.410 e. The van der Waals surface area contributed by atoms with E-state index in [9.17, 15) is 4.79 Å². The first-order valence-corrected chi connectivity index (χ1v) is 7.27. The average Bonchev–Trinajstić information content (AvgIpc) is 2.91. The molecule has 0 unspecified atom stereocenters. The van der Waals surface area contributed by atoms with Crippen LogP contribution in [-0.2, 0) is 0 Å². The number of quaternary nitrogens is 1. The van der Waals surface area contributed by atoms with Crippen LogP contribution < -0.4 is 14.5 Å². The monoisotopic (exact) mass is 277 g/mol. The molecule has 1 amide bonds. The highest BCUT2D eigenvalue weighted by Gasteiger charge is 2.26. The van der Waals surface area contributed by atoms with E-state index in [1.54, 1.807) is 7.05 Å². The summed E-state index contributed by atoms with van der Waals surface area (Å²) in [4.78, 5) is 11.4. The first-order chi connectivity index (χ1) is 9.41.